The van der Waals surface area contributed by atoms with Crippen molar-refractivity contribution in [2.24, 2.45) is 4.99 Å². The average Bonchev–Trinajstić information content (AvgIpc) is 2.77. The first kappa shape index (κ1) is 19.2. The summed E-state index contributed by atoms with van der Waals surface area (Å²) in [6.45, 7) is 0. The Bertz CT molecular complexity index is 1310. The number of benzene rings is 4. The fraction of sp³-hybridized carbons (Fsp3) is 0. The van der Waals surface area contributed by atoms with Gasteiger partial charge in [0, 0.05) is 11.1 Å². The molecule has 29 heavy (non-hydrogen) atoms. The van der Waals surface area contributed by atoms with E-state index in [9.17, 15) is 0 Å². The molecule has 0 atom stereocenters. The molecule has 4 aromatic carbocycles. The molecule has 0 aliphatic carbocycles. The van der Waals surface area contributed by atoms with Crippen molar-refractivity contribution in [1.82, 2.24) is 4.98 Å². The van der Waals surface area contributed by atoms with Gasteiger partial charge >= 0.3 is 21.1 Å². The monoisotopic (exact) mass is 551 g/mol. The van der Waals surface area contributed by atoms with E-state index < -0.39 is 0 Å². The zero-order valence-corrected chi connectivity index (χ0v) is 17.7. The van der Waals surface area contributed by atoms with Crippen LogP contribution < -0.4 is 0 Å². The van der Waals surface area contributed by atoms with Crippen LogP contribution in [0.15, 0.2) is 96.0 Å². The van der Waals surface area contributed by atoms with Gasteiger partial charge in [-0.2, -0.15) is 0 Å². The summed E-state index contributed by atoms with van der Waals surface area (Å²) >= 11 is 0. The minimum Gasteiger partial charge on any atom is -0.302 e. The standard InChI is InChI=1S/C26H16N2.Pt/c1-2-8-19(9-3-1)18-27-25-15-7-12-21-16-17-24(28-26(21)25)23-14-6-11-20-10-4-5-13-22(20)23;/h1-8,10-12,14-18H;/q-2;+2. The third-order valence-electron chi connectivity index (χ3n) is 4.75. The Morgan fingerprint density at radius 2 is 1.55 bits per heavy atom. The van der Waals surface area contributed by atoms with Gasteiger partial charge in [-0.15, -0.1) is 70.9 Å². The van der Waals surface area contributed by atoms with Crippen molar-refractivity contribution in [3.05, 3.63) is 109 Å². The molecular formula is C26H16N2Pt. The van der Waals surface area contributed by atoms with Crippen molar-refractivity contribution < 1.29 is 21.1 Å². The summed E-state index contributed by atoms with van der Waals surface area (Å²) < 4.78 is 0. The van der Waals surface area contributed by atoms with Gasteiger partial charge in [0.25, 0.3) is 0 Å². The molecule has 0 amide bonds. The van der Waals surface area contributed by atoms with Crippen LogP contribution in [0, 0.1) is 12.1 Å². The number of aromatic nitrogens is 1. The number of nitrogens with zero attached hydrogens (tertiary/aromatic N) is 2. The first-order valence-electron chi connectivity index (χ1n) is 9.19. The smallest absolute Gasteiger partial charge is 0.302 e. The van der Waals surface area contributed by atoms with Crippen LogP contribution in [0.5, 0.6) is 0 Å². The zero-order chi connectivity index (χ0) is 18.8. The number of para-hydroxylation sites is 1. The fourth-order valence-electron chi connectivity index (χ4n) is 3.38. The van der Waals surface area contributed by atoms with E-state index in [1.807, 2.05) is 54.7 Å². The topological polar surface area (TPSA) is 25.2 Å². The molecule has 3 heteroatoms. The molecule has 5 aromatic rings. The van der Waals surface area contributed by atoms with Crippen LogP contribution in [0.2, 0.25) is 0 Å². The molecule has 0 saturated carbocycles. The Morgan fingerprint density at radius 1 is 0.724 bits per heavy atom. The van der Waals surface area contributed by atoms with Gasteiger partial charge in [-0.05, 0) is 18.3 Å². The van der Waals surface area contributed by atoms with Crippen molar-refractivity contribution in [3.63, 3.8) is 0 Å². The summed E-state index contributed by atoms with van der Waals surface area (Å²) in [6, 6.07) is 36.9. The molecule has 0 saturated heterocycles. The number of rotatable bonds is 3. The molecule has 0 aliphatic heterocycles. The van der Waals surface area contributed by atoms with E-state index in [1.54, 1.807) is 0 Å². The maximum absolute atomic E-state index is 4.96. The van der Waals surface area contributed by atoms with Crippen molar-refractivity contribution in [1.29, 1.82) is 0 Å². The van der Waals surface area contributed by atoms with E-state index >= 15 is 0 Å². The van der Waals surface area contributed by atoms with Gasteiger partial charge in [0.05, 0.1) is 11.2 Å². The van der Waals surface area contributed by atoms with Gasteiger partial charge in [0.1, 0.15) is 0 Å². The number of hydrogen-bond acceptors (Lipinski definition) is 2. The van der Waals surface area contributed by atoms with Gasteiger partial charge in [-0.3, -0.25) is 4.98 Å². The molecule has 2 nitrogen and oxygen atoms in total. The van der Waals surface area contributed by atoms with E-state index in [2.05, 4.69) is 59.6 Å². The van der Waals surface area contributed by atoms with Crippen LogP contribution in [-0.2, 0) is 21.1 Å². The molecule has 5 rings (SSSR count). The van der Waals surface area contributed by atoms with E-state index in [-0.39, 0.29) is 21.1 Å². The molecule has 0 N–H and O–H groups in total. The summed E-state index contributed by atoms with van der Waals surface area (Å²) in [5.41, 5.74) is 4.69. The third-order valence-corrected chi connectivity index (χ3v) is 4.75. The first-order valence-corrected chi connectivity index (χ1v) is 9.19. The second-order valence-corrected chi connectivity index (χ2v) is 6.56. The molecule has 0 bridgehead atoms. The van der Waals surface area contributed by atoms with Crippen molar-refractivity contribution in [3.8, 4) is 11.3 Å². The van der Waals surface area contributed by atoms with Crippen molar-refractivity contribution >= 4 is 33.6 Å². The largest absolute Gasteiger partial charge is 2.00 e. The maximum atomic E-state index is 4.96. The van der Waals surface area contributed by atoms with Crippen LogP contribution in [0.4, 0.5) is 5.69 Å². The van der Waals surface area contributed by atoms with Gasteiger partial charge in [0.2, 0.25) is 0 Å². The molecule has 1 heterocycles. The van der Waals surface area contributed by atoms with Crippen LogP contribution in [0.3, 0.4) is 0 Å². The molecule has 0 spiro atoms. The van der Waals surface area contributed by atoms with Crippen LogP contribution >= 0.6 is 0 Å². The molecular weight excluding hydrogens is 535 g/mol. The number of hydrogen-bond donors (Lipinski definition) is 0. The average molecular weight is 552 g/mol. The minimum absolute atomic E-state index is 0. The Kier molecular flexibility index (Phi) is 5.64. The summed E-state index contributed by atoms with van der Waals surface area (Å²) in [4.78, 5) is 9.64. The summed E-state index contributed by atoms with van der Waals surface area (Å²) in [5.74, 6) is 0. The van der Waals surface area contributed by atoms with Gasteiger partial charge in [0.15, 0.2) is 0 Å². The van der Waals surface area contributed by atoms with Crippen molar-refractivity contribution in [2.75, 3.05) is 0 Å². The minimum atomic E-state index is 0. The van der Waals surface area contributed by atoms with E-state index in [0.717, 1.165) is 44.2 Å². The Hall–Kier alpha value is -3.09. The normalized spacial score (nSPS) is 11.0. The SMILES string of the molecule is [Pt+2].[c-]1ccccc1C=Nc1cccc2ccc(-c3cccc4ccc[c-]c34)nc12. The summed E-state index contributed by atoms with van der Waals surface area (Å²) in [5, 5.41) is 3.31. The Morgan fingerprint density at radius 3 is 2.45 bits per heavy atom. The fourth-order valence-corrected chi connectivity index (χ4v) is 3.38. The first-order chi connectivity index (χ1) is 13.9. The van der Waals surface area contributed by atoms with E-state index in [1.165, 1.54) is 0 Å². The maximum Gasteiger partial charge on any atom is 2.00 e. The predicted octanol–water partition coefficient (Wildman–Crippen LogP) is 6.40. The van der Waals surface area contributed by atoms with Crippen molar-refractivity contribution in [2.45, 2.75) is 0 Å². The molecule has 0 unspecified atom stereocenters. The molecule has 0 radical (unpaired) electrons. The Labute approximate surface area is 184 Å². The van der Waals surface area contributed by atoms with Gasteiger partial charge < -0.3 is 4.99 Å². The third kappa shape index (κ3) is 3.90. The second-order valence-electron chi connectivity index (χ2n) is 6.56. The number of aliphatic imine (C=N–C) groups is 1. The summed E-state index contributed by atoms with van der Waals surface area (Å²) in [6.07, 6.45) is 1.83. The van der Waals surface area contributed by atoms with E-state index in [4.69, 9.17) is 4.98 Å². The zero-order valence-electron chi connectivity index (χ0n) is 15.4. The molecule has 0 fully saturated rings. The second kappa shape index (κ2) is 8.51. The van der Waals surface area contributed by atoms with Gasteiger partial charge in [-0.1, -0.05) is 42.0 Å². The van der Waals surface area contributed by atoms with Crippen LogP contribution in [0.25, 0.3) is 32.9 Å². The molecule has 1 aromatic heterocycles. The number of pyridine rings is 1. The molecule has 140 valence electrons. The predicted molar refractivity (Wildman–Crippen MR) is 116 cm³/mol. The summed E-state index contributed by atoms with van der Waals surface area (Å²) in [7, 11) is 0. The van der Waals surface area contributed by atoms with Gasteiger partial charge in [-0.25, -0.2) is 0 Å². The van der Waals surface area contributed by atoms with E-state index in [0.29, 0.717) is 0 Å². The molecule has 0 aliphatic rings. The van der Waals surface area contributed by atoms with Crippen LogP contribution in [0.1, 0.15) is 5.56 Å². The quantitative estimate of drug-likeness (QED) is 0.188. The Balaban J connectivity index is 0.00000205. The van der Waals surface area contributed by atoms with Crippen LogP contribution in [-0.4, -0.2) is 11.2 Å². The number of fused-ring (bicyclic) bond motifs is 2.